The maximum absolute atomic E-state index is 5.56. The summed E-state index contributed by atoms with van der Waals surface area (Å²) >= 11 is 0. The molecule has 0 spiro atoms. The van der Waals surface area contributed by atoms with Crippen molar-refractivity contribution >= 4 is 22.4 Å². The molecule has 3 aromatic rings. The molecule has 1 aromatic carbocycles. The molecule has 0 N–H and O–H groups in total. The van der Waals surface area contributed by atoms with E-state index in [9.17, 15) is 0 Å². The third-order valence-corrected chi connectivity index (χ3v) is 6.28. The second-order valence-electron chi connectivity index (χ2n) is 8.01. The second kappa shape index (κ2) is 7.99. The SMILES string of the molecule is CC(c1ncco1)C1CCCN(c2ncnc3cc(N4CCOCC4)ccc23)C1. The molecule has 4 heterocycles. The lowest BCUT2D eigenvalue weighted by atomic mass is 9.86. The van der Waals surface area contributed by atoms with Gasteiger partial charge in [0, 0.05) is 43.2 Å². The fourth-order valence-electron chi connectivity index (χ4n) is 4.57. The number of rotatable bonds is 4. The highest BCUT2D eigenvalue weighted by Gasteiger charge is 2.29. The number of nitrogens with zero attached hydrogens (tertiary/aromatic N) is 5. The molecule has 2 unspecified atom stereocenters. The quantitative estimate of drug-likeness (QED) is 0.672. The standard InChI is InChI=1S/C22H27N5O2/c1-16(22-23-6-10-29-22)17-3-2-7-27(14-17)21-19-5-4-18(13-20(19)24-15-25-21)26-8-11-28-12-9-26/h4-6,10,13,15-17H,2-3,7-9,11-12,14H2,1H3. The summed E-state index contributed by atoms with van der Waals surface area (Å²) < 4.78 is 11.0. The van der Waals surface area contributed by atoms with Gasteiger partial charge in [0.1, 0.15) is 18.4 Å². The lowest BCUT2D eigenvalue weighted by molar-refractivity contribution is 0.122. The summed E-state index contributed by atoms with van der Waals surface area (Å²) in [5.74, 6) is 2.67. The van der Waals surface area contributed by atoms with Gasteiger partial charge >= 0.3 is 0 Å². The Labute approximate surface area is 170 Å². The van der Waals surface area contributed by atoms with E-state index in [-0.39, 0.29) is 0 Å². The van der Waals surface area contributed by atoms with Gasteiger partial charge in [-0.15, -0.1) is 0 Å². The number of oxazole rings is 1. The first-order chi connectivity index (χ1) is 14.3. The van der Waals surface area contributed by atoms with E-state index in [2.05, 4.69) is 49.9 Å². The smallest absolute Gasteiger partial charge is 0.197 e. The first kappa shape index (κ1) is 18.4. The van der Waals surface area contributed by atoms with Gasteiger partial charge in [-0.05, 0) is 37.0 Å². The highest BCUT2D eigenvalue weighted by atomic mass is 16.5. The van der Waals surface area contributed by atoms with E-state index in [1.807, 2.05) is 0 Å². The van der Waals surface area contributed by atoms with Crippen molar-refractivity contribution in [1.82, 2.24) is 15.0 Å². The predicted octanol–water partition coefficient (Wildman–Crippen LogP) is 3.47. The van der Waals surface area contributed by atoms with Gasteiger partial charge in [-0.2, -0.15) is 0 Å². The van der Waals surface area contributed by atoms with Crippen LogP contribution in [0.3, 0.4) is 0 Å². The Kier molecular flexibility index (Phi) is 5.06. The fraction of sp³-hybridized carbons (Fsp3) is 0.500. The summed E-state index contributed by atoms with van der Waals surface area (Å²) in [5, 5.41) is 1.12. The van der Waals surface area contributed by atoms with Gasteiger partial charge < -0.3 is 19.0 Å². The molecule has 29 heavy (non-hydrogen) atoms. The van der Waals surface area contributed by atoms with Gasteiger partial charge in [0.05, 0.1) is 24.9 Å². The van der Waals surface area contributed by atoms with E-state index < -0.39 is 0 Å². The molecule has 0 saturated carbocycles. The van der Waals surface area contributed by atoms with Crippen LogP contribution in [-0.4, -0.2) is 54.3 Å². The zero-order valence-electron chi connectivity index (χ0n) is 16.8. The van der Waals surface area contributed by atoms with Crippen LogP contribution in [0.25, 0.3) is 10.9 Å². The molecule has 0 radical (unpaired) electrons. The van der Waals surface area contributed by atoms with E-state index in [4.69, 9.17) is 9.15 Å². The molecular formula is C22H27N5O2. The highest BCUT2D eigenvalue weighted by molar-refractivity contribution is 5.91. The number of ether oxygens (including phenoxy) is 1. The van der Waals surface area contributed by atoms with Crippen molar-refractivity contribution in [1.29, 1.82) is 0 Å². The third-order valence-electron chi connectivity index (χ3n) is 6.28. The summed E-state index contributed by atoms with van der Waals surface area (Å²) in [6.45, 7) is 7.61. The Bertz CT molecular complexity index is 955. The first-order valence-electron chi connectivity index (χ1n) is 10.5. The van der Waals surface area contributed by atoms with E-state index in [1.165, 1.54) is 12.1 Å². The van der Waals surface area contributed by atoms with E-state index in [0.717, 1.165) is 68.4 Å². The van der Waals surface area contributed by atoms with Crippen LogP contribution in [0.5, 0.6) is 0 Å². The largest absolute Gasteiger partial charge is 0.449 e. The molecule has 2 saturated heterocycles. The Hall–Kier alpha value is -2.67. The monoisotopic (exact) mass is 393 g/mol. The van der Waals surface area contributed by atoms with Crippen LogP contribution in [-0.2, 0) is 4.74 Å². The van der Waals surface area contributed by atoms with Crippen molar-refractivity contribution in [2.24, 2.45) is 5.92 Å². The molecule has 2 fully saturated rings. The molecule has 0 amide bonds. The number of anilines is 2. The van der Waals surface area contributed by atoms with Crippen LogP contribution < -0.4 is 9.80 Å². The normalized spacial score (nSPS) is 21.5. The maximum atomic E-state index is 5.56. The molecule has 0 bridgehead atoms. The topological polar surface area (TPSA) is 67.5 Å². The number of morpholine rings is 1. The van der Waals surface area contributed by atoms with Gasteiger partial charge in [0.25, 0.3) is 0 Å². The number of hydrogen-bond donors (Lipinski definition) is 0. The first-order valence-corrected chi connectivity index (χ1v) is 10.5. The van der Waals surface area contributed by atoms with Crippen molar-refractivity contribution in [2.45, 2.75) is 25.7 Å². The number of fused-ring (bicyclic) bond motifs is 1. The molecule has 2 aliphatic heterocycles. The highest BCUT2D eigenvalue weighted by Crippen LogP contribution is 2.34. The van der Waals surface area contributed by atoms with Crippen LogP contribution in [0, 0.1) is 5.92 Å². The van der Waals surface area contributed by atoms with Crippen LogP contribution >= 0.6 is 0 Å². The van der Waals surface area contributed by atoms with Crippen molar-refractivity contribution < 1.29 is 9.15 Å². The number of benzene rings is 1. The molecule has 2 aliphatic rings. The van der Waals surface area contributed by atoms with Crippen LogP contribution in [0.4, 0.5) is 11.5 Å². The summed E-state index contributed by atoms with van der Waals surface area (Å²) in [7, 11) is 0. The predicted molar refractivity (Wildman–Crippen MR) is 112 cm³/mol. The Morgan fingerprint density at radius 3 is 2.79 bits per heavy atom. The summed E-state index contributed by atoms with van der Waals surface area (Å²) in [5.41, 5.74) is 2.21. The lowest BCUT2D eigenvalue weighted by Crippen LogP contribution is -2.38. The Morgan fingerprint density at radius 2 is 1.97 bits per heavy atom. The zero-order valence-corrected chi connectivity index (χ0v) is 16.8. The Morgan fingerprint density at radius 1 is 1.07 bits per heavy atom. The van der Waals surface area contributed by atoms with Gasteiger partial charge in [0.2, 0.25) is 0 Å². The van der Waals surface area contributed by atoms with Crippen LogP contribution in [0.1, 0.15) is 31.6 Å². The second-order valence-corrected chi connectivity index (χ2v) is 8.01. The van der Waals surface area contributed by atoms with Crippen molar-refractivity contribution in [3.8, 4) is 0 Å². The number of aromatic nitrogens is 3. The Balaban J connectivity index is 1.40. The van der Waals surface area contributed by atoms with E-state index in [0.29, 0.717) is 11.8 Å². The minimum Gasteiger partial charge on any atom is -0.449 e. The molecule has 2 atom stereocenters. The van der Waals surface area contributed by atoms with Gasteiger partial charge in [-0.3, -0.25) is 0 Å². The van der Waals surface area contributed by atoms with Crippen molar-refractivity contribution in [3.05, 3.63) is 42.9 Å². The van der Waals surface area contributed by atoms with Gasteiger partial charge in [-0.1, -0.05) is 6.92 Å². The van der Waals surface area contributed by atoms with E-state index in [1.54, 1.807) is 18.8 Å². The van der Waals surface area contributed by atoms with Crippen molar-refractivity contribution in [2.75, 3.05) is 49.2 Å². The number of piperidine rings is 1. The summed E-state index contributed by atoms with van der Waals surface area (Å²) in [6.07, 6.45) is 7.42. The van der Waals surface area contributed by atoms with Gasteiger partial charge in [0.15, 0.2) is 5.89 Å². The molecule has 2 aromatic heterocycles. The molecular weight excluding hydrogens is 366 g/mol. The lowest BCUT2D eigenvalue weighted by Gasteiger charge is -2.36. The minimum atomic E-state index is 0.300. The zero-order chi connectivity index (χ0) is 19.6. The fourth-order valence-corrected chi connectivity index (χ4v) is 4.57. The molecule has 7 heteroatoms. The van der Waals surface area contributed by atoms with Crippen LogP contribution in [0.2, 0.25) is 0 Å². The number of hydrogen-bond acceptors (Lipinski definition) is 7. The minimum absolute atomic E-state index is 0.300. The van der Waals surface area contributed by atoms with Gasteiger partial charge in [-0.25, -0.2) is 15.0 Å². The molecule has 5 rings (SSSR count). The molecule has 0 aliphatic carbocycles. The third kappa shape index (κ3) is 3.67. The molecule has 7 nitrogen and oxygen atoms in total. The van der Waals surface area contributed by atoms with E-state index >= 15 is 0 Å². The average molecular weight is 393 g/mol. The summed E-state index contributed by atoms with van der Waals surface area (Å²) in [4.78, 5) is 18.4. The van der Waals surface area contributed by atoms with Crippen LogP contribution in [0.15, 0.2) is 41.4 Å². The summed E-state index contributed by atoms with van der Waals surface area (Å²) in [6, 6.07) is 6.55. The van der Waals surface area contributed by atoms with Crippen molar-refractivity contribution in [3.63, 3.8) is 0 Å². The average Bonchev–Trinajstić information content (AvgIpc) is 3.33. The molecule has 152 valence electrons. The maximum Gasteiger partial charge on any atom is 0.197 e.